The number of aromatic nitrogens is 4. The van der Waals surface area contributed by atoms with Crippen molar-refractivity contribution in [3.8, 4) is 17.6 Å². The Hall–Kier alpha value is -4.32. The van der Waals surface area contributed by atoms with Gasteiger partial charge in [0.1, 0.15) is 17.7 Å². The quantitative estimate of drug-likeness (QED) is 0.325. The molecular formula is C27H30FN7O6. The second-order valence-corrected chi connectivity index (χ2v) is 9.81. The van der Waals surface area contributed by atoms with Crippen molar-refractivity contribution in [2.75, 3.05) is 25.4 Å². The molecule has 0 unspecified atom stereocenters. The maximum atomic E-state index is 13.8. The lowest BCUT2D eigenvalue weighted by Crippen LogP contribution is -2.42. The van der Waals surface area contributed by atoms with E-state index < -0.39 is 42.4 Å². The molecule has 2 aromatic heterocycles. The van der Waals surface area contributed by atoms with Crippen molar-refractivity contribution in [1.29, 1.82) is 0 Å². The van der Waals surface area contributed by atoms with Crippen LogP contribution in [0.4, 0.5) is 15.0 Å². The number of anilines is 1. The minimum Gasteiger partial charge on any atom is -0.407 e. The predicted molar refractivity (Wildman–Crippen MR) is 143 cm³/mol. The molecule has 41 heavy (non-hydrogen) atoms. The summed E-state index contributed by atoms with van der Waals surface area (Å²) < 4.78 is 26.0. The predicted octanol–water partition coefficient (Wildman–Crippen LogP) is 0.955. The van der Waals surface area contributed by atoms with Crippen molar-refractivity contribution < 1.29 is 33.7 Å². The van der Waals surface area contributed by atoms with E-state index in [0.717, 1.165) is 0 Å². The number of aliphatic hydroxyl groups is 2. The Balaban J connectivity index is 1.22. The summed E-state index contributed by atoms with van der Waals surface area (Å²) >= 11 is 0. The Morgan fingerprint density at radius 1 is 1.22 bits per heavy atom. The van der Waals surface area contributed by atoms with Crippen LogP contribution in [0.3, 0.4) is 0 Å². The number of nitrogens with one attached hydrogen (secondary N) is 1. The molecule has 2 aliphatic rings. The fourth-order valence-corrected chi connectivity index (χ4v) is 4.84. The number of nitrogens with two attached hydrogens (primary N) is 1. The number of piperidine rings is 1. The third-order valence-corrected chi connectivity index (χ3v) is 7.07. The molecule has 1 aromatic carbocycles. The van der Waals surface area contributed by atoms with Crippen LogP contribution in [0.5, 0.6) is 5.75 Å². The van der Waals surface area contributed by atoms with Crippen LogP contribution in [0.25, 0.3) is 11.2 Å². The first-order chi connectivity index (χ1) is 19.8. The van der Waals surface area contributed by atoms with Crippen LogP contribution in [0, 0.1) is 23.6 Å². The van der Waals surface area contributed by atoms with Crippen molar-refractivity contribution in [1.82, 2.24) is 29.7 Å². The van der Waals surface area contributed by atoms with Gasteiger partial charge in [0, 0.05) is 26.1 Å². The number of ether oxygens (including phenoxy) is 2. The molecule has 5 rings (SSSR count). The van der Waals surface area contributed by atoms with E-state index >= 15 is 0 Å². The lowest BCUT2D eigenvalue weighted by Gasteiger charge is -2.30. The Morgan fingerprint density at radius 3 is 2.71 bits per heavy atom. The number of carbonyl (C=O) groups is 2. The van der Waals surface area contributed by atoms with Crippen LogP contribution in [0.15, 0.2) is 30.6 Å². The van der Waals surface area contributed by atoms with Gasteiger partial charge in [-0.15, -0.1) is 0 Å². The largest absolute Gasteiger partial charge is 0.415 e. The fraction of sp³-hybridized carbons (Fsp3) is 0.444. The minimum absolute atomic E-state index is 0.0769. The topological polar surface area (TPSA) is 178 Å². The smallest absolute Gasteiger partial charge is 0.407 e. The molecule has 0 spiro atoms. The maximum Gasteiger partial charge on any atom is 0.415 e. The number of amides is 2. The van der Waals surface area contributed by atoms with Crippen LogP contribution >= 0.6 is 0 Å². The molecule has 216 valence electrons. The van der Waals surface area contributed by atoms with Gasteiger partial charge in [0.05, 0.1) is 6.33 Å². The Morgan fingerprint density at radius 2 is 1.98 bits per heavy atom. The molecule has 2 amide bonds. The number of imidazole rings is 1. The zero-order chi connectivity index (χ0) is 29.1. The standard InChI is InChI=1S/C27H30FN7O6/c1-2-30-25(38)22-20(36)21(37)26(41-22)35-14-31-19-23(29)32-18(33-24(19)35)9-5-6-15-10-12-34(13-11-15)27(39)40-17-8-4-3-7-16(17)28/h3-4,7-8,14-15,20-22,26,36-37H,2,6,10-13H2,1H3,(H,30,38)(H2,29,32,33)/t20-,21+,22-,26+/m0/s1. The summed E-state index contributed by atoms with van der Waals surface area (Å²) in [5.41, 5.74) is 6.58. The van der Waals surface area contributed by atoms with Gasteiger partial charge in [-0.25, -0.2) is 24.1 Å². The molecule has 0 aliphatic carbocycles. The number of halogens is 1. The molecule has 14 heteroatoms. The SMILES string of the molecule is CCNC(=O)[C@H]1O[C@@H](n2cnc3c(N)nc(C#CCC4CCN(C(=O)Oc5ccccc5F)CC4)nc32)[C@H](O)[C@@H]1O. The minimum atomic E-state index is -1.45. The van der Waals surface area contributed by atoms with Gasteiger partial charge < -0.3 is 35.6 Å². The number of nitrogens with zero attached hydrogens (tertiary/aromatic N) is 5. The number of likely N-dealkylation sites (N-methyl/N-ethyl adjacent to an activating group) is 1. The molecule has 3 aromatic rings. The normalized spacial score (nSPS) is 22.8. The molecule has 0 bridgehead atoms. The summed E-state index contributed by atoms with van der Waals surface area (Å²) in [5, 5.41) is 23.5. The van der Waals surface area contributed by atoms with E-state index in [1.807, 2.05) is 0 Å². The molecule has 13 nitrogen and oxygen atoms in total. The highest BCUT2D eigenvalue weighted by Crippen LogP contribution is 2.32. The zero-order valence-electron chi connectivity index (χ0n) is 22.2. The molecule has 4 atom stereocenters. The molecular weight excluding hydrogens is 537 g/mol. The molecule has 4 heterocycles. The molecule has 5 N–H and O–H groups in total. The maximum absolute atomic E-state index is 13.8. The van der Waals surface area contributed by atoms with Gasteiger partial charge in [0.2, 0.25) is 5.82 Å². The van der Waals surface area contributed by atoms with Crippen LogP contribution in [0.1, 0.15) is 38.2 Å². The fourth-order valence-electron chi connectivity index (χ4n) is 4.84. The molecule has 0 saturated carbocycles. The number of nitrogen functional groups attached to an aromatic ring is 1. The second kappa shape index (κ2) is 12.0. The van der Waals surface area contributed by atoms with E-state index in [9.17, 15) is 24.2 Å². The first-order valence-electron chi connectivity index (χ1n) is 13.3. The van der Waals surface area contributed by atoms with E-state index in [0.29, 0.717) is 38.9 Å². The third-order valence-electron chi connectivity index (χ3n) is 7.07. The number of aliphatic hydroxyl groups excluding tert-OH is 2. The van der Waals surface area contributed by atoms with Gasteiger partial charge in [-0.05, 0) is 43.7 Å². The number of hydrogen-bond acceptors (Lipinski definition) is 10. The summed E-state index contributed by atoms with van der Waals surface area (Å²) in [6.07, 6.45) is -2.58. The highest BCUT2D eigenvalue weighted by molar-refractivity contribution is 5.83. The van der Waals surface area contributed by atoms with Crippen molar-refractivity contribution in [2.24, 2.45) is 5.92 Å². The number of benzene rings is 1. The summed E-state index contributed by atoms with van der Waals surface area (Å²) in [5.74, 6) is 5.18. The van der Waals surface area contributed by atoms with Crippen LogP contribution in [-0.4, -0.2) is 84.6 Å². The third kappa shape index (κ3) is 5.92. The van der Waals surface area contributed by atoms with Crippen molar-refractivity contribution in [3.05, 3.63) is 42.2 Å². The first-order valence-corrected chi connectivity index (χ1v) is 13.3. The van der Waals surface area contributed by atoms with Gasteiger partial charge >= 0.3 is 6.09 Å². The Bertz CT molecular complexity index is 1500. The average Bonchev–Trinajstić information content (AvgIpc) is 3.51. The molecule has 2 aliphatic heterocycles. The number of likely N-dealkylation sites (tertiary alicyclic amines) is 1. The van der Waals surface area contributed by atoms with Crippen LogP contribution in [-0.2, 0) is 9.53 Å². The number of fused-ring (bicyclic) bond motifs is 1. The molecule has 0 radical (unpaired) electrons. The van der Waals surface area contributed by atoms with Crippen LogP contribution < -0.4 is 15.8 Å². The lowest BCUT2D eigenvalue weighted by molar-refractivity contribution is -0.137. The number of rotatable bonds is 5. The zero-order valence-corrected chi connectivity index (χ0v) is 22.2. The second-order valence-electron chi connectivity index (χ2n) is 9.81. The highest BCUT2D eigenvalue weighted by Gasteiger charge is 2.47. The Labute approximate surface area is 234 Å². The van der Waals surface area contributed by atoms with E-state index in [2.05, 4.69) is 32.1 Å². The Kier molecular flexibility index (Phi) is 8.29. The van der Waals surface area contributed by atoms with Gasteiger partial charge in [0.25, 0.3) is 5.91 Å². The summed E-state index contributed by atoms with van der Waals surface area (Å²) in [6.45, 7) is 2.99. The van der Waals surface area contributed by atoms with Gasteiger partial charge in [-0.1, -0.05) is 18.1 Å². The number of carbonyl (C=O) groups excluding carboxylic acids is 2. The average molecular weight is 568 g/mol. The van der Waals surface area contributed by atoms with Crippen LogP contribution in [0.2, 0.25) is 0 Å². The van der Waals surface area contributed by atoms with Crippen molar-refractivity contribution in [2.45, 2.75) is 50.7 Å². The summed E-state index contributed by atoms with van der Waals surface area (Å²) in [4.78, 5) is 39.0. The van der Waals surface area contributed by atoms with Gasteiger partial charge in [0.15, 0.2) is 35.4 Å². The first kappa shape index (κ1) is 28.2. The van der Waals surface area contributed by atoms with E-state index in [4.69, 9.17) is 15.2 Å². The van der Waals surface area contributed by atoms with Gasteiger partial charge in [-0.2, -0.15) is 0 Å². The van der Waals surface area contributed by atoms with Crippen molar-refractivity contribution in [3.63, 3.8) is 0 Å². The summed E-state index contributed by atoms with van der Waals surface area (Å²) in [7, 11) is 0. The van der Waals surface area contributed by atoms with E-state index in [-0.39, 0.29) is 34.5 Å². The van der Waals surface area contributed by atoms with Gasteiger partial charge in [-0.3, -0.25) is 9.36 Å². The number of hydrogen-bond donors (Lipinski definition) is 4. The highest BCUT2D eigenvalue weighted by atomic mass is 19.1. The lowest BCUT2D eigenvalue weighted by atomic mass is 9.94. The van der Waals surface area contributed by atoms with E-state index in [1.54, 1.807) is 17.9 Å². The van der Waals surface area contributed by atoms with Crippen molar-refractivity contribution >= 4 is 29.0 Å². The molecule has 2 saturated heterocycles. The molecule has 2 fully saturated rings. The number of para-hydroxylation sites is 1. The monoisotopic (exact) mass is 567 g/mol. The van der Waals surface area contributed by atoms with E-state index in [1.165, 1.54) is 29.1 Å². The summed E-state index contributed by atoms with van der Waals surface area (Å²) in [6, 6.07) is 5.76.